The van der Waals surface area contributed by atoms with Gasteiger partial charge in [0.05, 0.1) is 0 Å². The molecule has 0 spiro atoms. The standard InChI is InChI=1S/C11H18BrNO/c1-7(6-12)13(2)11(14)10-8-4-3-5-9(8)10/h7-10H,3-6H2,1-2H3. The lowest BCUT2D eigenvalue weighted by atomic mass is 10.1. The highest BCUT2D eigenvalue weighted by Gasteiger charge is 2.57. The first-order valence-corrected chi connectivity index (χ1v) is 6.61. The molecular weight excluding hydrogens is 242 g/mol. The van der Waals surface area contributed by atoms with E-state index >= 15 is 0 Å². The van der Waals surface area contributed by atoms with E-state index in [9.17, 15) is 4.79 Å². The largest absolute Gasteiger partial charge is 0.342 e. The fraction of sp³-hybridized carbons (Fsp3) is 0.909. The van der Waals surface area contributed by atoms with Crippen molar-refractivity contribution < 1.29 is 4.79 Å². The van der Waals surface area contributed by atoms with Crippen LogP contribution >= 0.6 is 15.9 Å². The summed E-state index contributed by atoms with van der Waals surface area (Å²) >= 11 is 3.42. The van der Waals surface area contributed by atoms with E-state index in [-0.39, 0.29) is 0 Å². The first kappa shape index (κ1) is 10.5. The molecule has 0 aromatic carbocycles. The van der Waals surface area contributed by atoms with E-state index in [1.165, 1.54) is 19.3 Å². The third kappa shape index (κ3) is 1.60. The average molecular weight is 260 g/mol. The van der Waals surface area contributed by atoms with Gasteiger partial charge in [0, 0.05) is 24.3 Å². The van der Waals surface area contributed by atoms with E-state index in [4.69, 9.17) is 0 Å². The molecule has 14 heavy (non-hydrogen) atoms. The third-order valence-corrected chi connectivity index (χ3v) is 4.86. The molecule has 0 saturated heterocycles. The molecule has 0 aliphatic heterocycles. The first-order chi connectivity index (χ1) is 6.66. The summed E-state index contributed by atoms with van der Waals surface area (Å²) in [7, 11) is 1.93. The molecule has 2 aliphatic rings. The summed E-state index contributed by atoms with van der Waals surface area (Å²) in [5.74, 6) is 2.25. The normalized spacial score (nSPS) is 36.4. The van der Waals surface area contributed by atoms with Crippen LogP contribution in [0.1, 0.15) is 26.2 Å². The topological polar surface area (TPSA) is 20.3 Å². The Morgan fingerprint density at radius 2 is 2.07 bits per heavy atom. The minimum atomic E-state index is 0.323. The second-order valence-corrected chi connectivity index (χ2v) is 5.38. The molecule has 0 heterocycles. The summed E-state index contributed by atoms with van der Waals surface area (Å²) in [5.41, 5.74) is 0. The van der Waals surface area contributed by atoms with Crippen molar-refractivity contribution in [3.63, 3.8) is 0 Å². The van der Waals surface area contributed by atoms with E-state index < -0.39 is 0 Å². The van der Waals surface area contributed by atoms with Crippen LogP contribution in [0, 0.1) is 17.8 Å². The van der Waals surface area contributed by atoms with E-state index in [1.807, 2.05) is 11.9 Å². The van der Waals surface area contributed by atoms with Crippen molar-refractivity contribution >= 4 is 21.8 Å². The van der Waals surface area contributed by atoms with Crippen LogP contribution in [0.15, 0.2) is 0 Å². The Labute approximate surface area is 94.2 Å². The molecule has 0 radical (unpaired) electrons. The molecule has 3 heteroatoms. The van der Waals surface area contributed by atoms with Gasteiger partial charge in [-0.05, 0) is 31.6 Å². The van der Waals surface area contributed by atoms with Crippen LogP contribution in [0.5, 0.6) is 0 Å². The number of halogens is 1. The molecule has 2 rings (SSSR count). The first-order valence-electron chi connectivity index (χ1n) is 5.49. The maximum atomic E-state index is 12.0. The number of fused-ring (bicyclic) bond motifs is 1. The summed E-state index contributed by atoms with van der Waals surface area (Å²) in [6.07, 6.45) is 3.92. The molecule has 0 aromatic heterocycles. The Bertz CT molecular complexity index is 227. The van der Waals surface area contributed by atoms with Gasteiger partial charge in [0.2, 0.25) is 5.91 Å². The third-order valence-electron chi connectivity index (χ3n) is 3.92. The van der Waals surface area contributed by atoms with Crippen LogP contribution in [-0.2, 0) is 4.79 Å². The second kappa shape index (κ2) is 3.84. The molecule has 80 valence electrons. The highest BCUT2D eigenvalue weighted by molar-refractivity contribution is 9.09. The Morgan fingerprint density at radius 3 is 2.57 bits per heavy atom. The number of hydrogen-bond acceptors (Lipinski definition) is 1. The average Bonchev–Trinajstić information content (AvgIpc) is 2.68. The Hall–Kier alpha value is -0.0500. The van der Waals surface area contributed by atoms with Gasteiger partial charge in [-0.15, -0.1) is 0 Å². The van der Waals surface area contributed by atoms with Gasteiger partial charge in [0.1, 0.15) is 0 Å². The van der Waals surface area contributed by atoms with Crippen LogP contribution in [0.4, 0.5) is 0 Å². The zero-order valence-corrected chi connectivity index (χ0v) is 10.5. The molecule has 2 aliphatic carbocycles. The van der Waals surface area contributed by atoms with Crippen LogP contribution in [0.3, 0.4) is 0 Å². The zero-order chi connectivity index (χ0) is 10.3. The van der Waals surface area contributed by atoms with Crippen molar-refractivity contribution in [3.8, 4) is 0 Å². The molecule has 3 unspecified atom stereocenters. The maximum Gasteiger partial charge on any atom is 0.226 e. The van der Waals surface area contributed by atoms with Gasteiger partial charge in [0.15, 0.2) is 0 Å². The van der Waals surface area contributed by atoms with Crippen molar-refractivity contribution in [2.24, 2.45) is 17.8 Å². The fourth-order valence-corrected chi connectivity index (χ4v) is 3.18. The lowest BCUT2D eigenvalue weighted by molar-refractivity contribution is -0.133. The number of amides is 1. The molecule has 0 aromatic rings. The van der Waals surface area contributed by atoms with Gasteiger partial charge >= 0.3 is 0 Å². The van der Waals surface area contributed by atoms with Crippen LogP contribution in [0.25, 0.3) is 0 Å². The van der Waals surface area contributed by atoms with Crippen molar-refractivity contribution in [3.05, 3.63) is 0 Å². The smallest absolute Gasteiger partial charge is 0.226 e. The minimum Gasteiger partial charge on any atom is -0.342 e. The number of rotatable bonds is 3. The minimum absolute atomic E-state index is 0.323. The number of carbonyl (C=O) groups excluding carboxylic acids is 1. The van der Waals surface area contributed by atoms with Gasteiger partial charge in [-0.2, -0.15) is 0 Å². The molecule has 2 fully saturated rings. The molecule has 3 atom stereocenters. The molecule has 2 nitrogen and oxygen atoms in total. The molecule has 1 amide bonds. The van der Waals surface area contributed by atoms with Crippen LogP contribution in [-0.4, -0.2) is 29.2 Å². The Kier molecular flexibility index (Phi) is 2.87. The molecule has 2 saturated carbocycles. The SMILES string of the molecule is CC(CBr)N(C)C(=O)C1C2CCCC21. The van der Waals surface area contributed by atoms with Crippen molar-refractivity contribution in [1.29, 1.82) is 0 Å². The maximum absolute atomic E-state index is 12.0. The lowest BCUT2D eigenvalue weighted by Gasteiger charge is -2.24. The van der Waals surface area contributed by atoms with Gasteiger partial charge in [0.25, 0.3) is 0 Å². The molecule has 0 bridgehead atoms. The van der Waals surface area contributed by atoms with E-state index in [0.29, 0.717) is 17.9 Å². The number of alkyl halides is 1. The van der Waals surface area contributed by atoms with Crippen molar-refractivity contribution in [1.82, 2.24) is 4.90 Å². The van der Waals surface area contributed by atoms with Gasteiger partial charge in [-0.3, -0.25) is 4.79 Å². The summed E-state index contributed by atoms with van der Waals surface area (Å²) < 4.78 is 0. The van der Waals surface area contributed by atoms with Crippen molar-refractivity contribution in [2.45, 2.75) is 32.2 Å². The van der Waals surface area contributed by atoms with E-state index in [1.54, 1.807) is 0 Å². The predicted molar refractivity (Wildman–Crippen MR) is 60.3 cm³/mol. The Balaban J connectivity index is 1.90. The number of carbonyl (C=O) groups is 1. The monoisotopic (exact) mass is 259 g/mol. The summed E-state index contributed by atoms with van der Waals surface area (Å²) in [4.78, 5) is 13.9. The zero-order valence-electron chi connectivity index (χ0n) is 8.87. The van der Waals surface area contributed by atoms with E-state index in [0.717, 1.165) is 17.2 Å². The van der Waals surface area contributed by atoms with Crippen molar-refractivity contribution in [2.75, 3.05) is 12.4 Å². The summed E-state index contributed by atoms with van der Waals surface area (Å²) in [6.45, 7) is 2.09. The highest BCUT2D eigenvalue weighted by Crippen LogP contribution is 2.58. The summed E-state index contributed by atoms with van der Waals surface area (Å²) in [6, 6.07) is 0.323. The Morgan fingerprint density at radius 1 is 1.50 bits per heavy atom. The van der Waals surface area contributed by atoms with E-state index in [2.05, 4.69) is 22.9 Å². The van der Waals surface area contributed by atoms with Gasteiger partial charge < -0.3 is 4.90 Å². The quantitative estimate of drug-likeness (QED) is 0.713. The molecule has 0 N–H and O–H groups in total. The fourth-order valence-electron chi connectivity index (χ4n) is 2.74. The van der Waals surface area contributed by atoms with Gasteiger partial charge in [-0.1, -0.05) is 22.4 Å². The number of nitrogens with zero attached hydrogens (tertiary/aromatic N) is 1. The van der Waals surface area contributed by atoms with Gasteiger partial charge in [-0.25, -0.2) is 0 Å². The van der Waals surface area contributed by atoms with Crippen LogP contribution < -0.4 is 0 Å². The lowest BCUT2D eigenvalue weighted by Crippen LogP contribution is -2.37. The van der Waals surface area contributed by atoms with Crippen LogP contribution in [0.2, 0.25) is 0 Å². The summed E-state index contributed by atoms with van der Waals surface area (Å²) in [5, 5.41) is 0.872. The highest BCUT2D eigenvalue weighted by atomic mass is 79.9. The second-order valence-electron chi connectivity index (χ2n) is 4.74. The molecular formula is C11H18BrNO. The number of hydrogen-bond donors (Lipinski definition) is 0. The predicted octanol–water partition coefficient (Wildman–Crippen LogP) is 2.27.